The lowest BCUT2D eigenvalue weighted by molar-refractivity contribution is -0.155. The molecule has 3 N–H and O–H groups in total. The molecule has 12 nitrogen and oxygen atoms in total. The normalized spacial score (nSPS) is 20.1. The lowest BCUT2D eigenvalue weighted by Gasteiger charge is -2.36. The summed E-state index contributed by atoms with van der Waals surface area (Å²) < 4.78 is 36.3. The number of nitrogens with one attached hydrogen (secondary N) is 1. The maximum atomic E-state index is 13.3. The summed E-state index contributed by atoms with van der Waals surface area (Å²) >= 11 is 0. The van der Waals surface area contributed by atoms with Crippen molar-refractivity contribution < 1.29 is 27.5 Å². The second-order valence-electron chi connectivity index (χ2n) is 12.9. The third kappa shape index (κ3) is 8.55. The highest BCUT2D eigenvalue weighted by Gasteiger charge is 2.33. The highest BCUT2D eigenvalue weighted by Crippen LogP contribution is 2.31. The fraction of sp³-hybridized carbons (Fsp3) is 0.576. The summed E-state index contributed by atoms with van der Waals surface area (Å²) in [6.07, 6.45) is 9.70. The molecule has 1 aliphatic carbocycles. The van der Waals surface area contributed by atoms with Crippen molar-refractivity contribution in [1.82, 2.24) is 19.4 Å². The largest absolute Gasteiger partial charge is 0.493 e. The number of anilines is 1. The van der Waals surface area contributed by atoms with E-state index in [-0.39, 0.29) is 41.6 Å². The van der Waals surface area contributed by atoms with Crippen LogP contribution in [0.1, 0.15) is 58.8 Å². The van der Waals surface area contributed by atoms with Gasteiger partial charge in [-0.2, -0.15) is 4.98 Å². The number of carbonyl (C=O) groups excluding carboxylic acids is 2. The Morgan fingerprint density at radius 3 is 2.50 bits per heavy atom. The molecule has 2 aliphatic rings. The maximum absolute atomic E-state index is 13.3. The Morgan fingerprint density at radius 1 is 1.07 bits per heavy atom. The van der Waals surface area contributed by atoms with Crippen molar-refractivity contribution in [3.8, 4) is 11.6 Å². The summed E-state index contributed by atoms with van der Waals surface area (Å²) in [5.74, 6) is 1.89. The molecule has 0 unspecified atom stereocenters. The number of sulfone groups is 1. The van der Waals surface area contributed by atoms with Gasteiger partial charge in [0.25, 0.3) is 0 Å². The number of rotatable bonds is 12. The number of hydrogen-bond donors (Lipinski definition) is 2. The highest BCUT2D eigenvalue weighted by atomic mass is 32.2. The van der Waals surface area contributed by atoms with E-state index in [1.165, 1.54) is 6.26 Å². The number of piperidine rings is 1. The van der Waals surface area contributed by atoms with E-state index in [4.69, 9.17) is 20.2 Å². The molecule has 5 rings (SSSR count). The minimum atomic E-state index is -3.02. The third-order valence-corrected chi connectivity index (χ3v) is 9.96. The van der Waals surface area contributed by atoms with Crippen LogP contribution >= 0.6 is 0 Å². The van der Waals surface area contributed by atoms with E-state index in [1.54, 1.807) is 6.20 Å². The van der Waals surface area contributed by atoms with Crippen LogP contribution in [0, 0.1) is 11.8 Å². The van der Waals surface area contributed by atoms with Crippen LogP contribution in [0.2, 0.25) is 0 Å². The Bertz CT molecular complexity index is 1610. The van der Waals surface area contributed by atoms with Crippen LogP contribution in [0.25, 0.3) is 16.7 Å². The standard InChI is InChI=1S/C33H46N6O6S/c1-22(2)30(34)32(41)45-25-13-17-38(18-14-25)31(40)23-8-10-24(11-9-23)36-33-35-16-12-29(37-33)39-19-15-26-27(39)6-4-7-28(26)44-20-5-21-46(3,42)43/h4,6-7,12,15-16,19,22-25,30H,5,8-11,13-14,17-18,20-21,34H2,1-3H3,(H,35,36,37)/t23?,24?,30-/m0/s1. The van der Waals surface area contributed by atoms with Gasteiger partial charge in [0.05, 0.1) is 17.9 Å². The Labute approximate surface area is 271 Å². The molecule has 2 aromatic heterocycles. The summed E-state index contributed by atoms with van der Waals surface area (Å²) in [7, 11) is -3.02. The summed E-state index contributed by atoms with van der Waals surface area (Å²) in [6, 6.07) is 9.14. The van der Waals surface area contributed by atoms with Gasteiger partial charge in [0, 0.05) is 61.9 Å². The number of fused-ring (bicyclic) bond motifs is 1. The quantitative estimate of drug-likeness (QED) is 0.218. The average molecular weight is 655 g/mol. The van der Waals surface area contributed by atoms with Crippen LogP contribution in [0.5, 0.6) is 5.75 Å². The number of nitrogens with zero attached hydrogens (tertiary/aromatic N) is 4. The number of likely N-dealkylation sites (tertiary alicyclic amines) is 1. The number of carbonyl (C=O) groups is 2. The van der Waals surface area contributed by atoms with Gasteiger partial charge >= 0.3 is 5.97 Å². The fourth-order valence-electron chi connectivity index (χ4n) is 6.16. The van der Waals surface area contributed by atoms with Gasteiger partial charge in [0.2, 0.25) is 11.9 Å². The molecule has 1 saturated heterocycles. The van der Waals surface area contributed by atoms with Crippen molar-refractivity contribution in [1.29, 1.82) is 0 Å². The third-order valence-electron chi connectivity index (χ3n) is 8.93. The Morgan fingerprint density at radius 2 is 1.80 bits per heavy atom. The van der Waals surface area contributed by atoms with Crippen molar-refractivity contribution in [2.24, 2.45) is 17.6 Å². The molecule has 1 aliphatic heterocycles. The van der Waals surface area contributed by atoms with Crippen molar-refractivity contribution in [3.05, 3.63) is 42.7 Å². The second kappa shape index (κ2) is 14.8. The lowest BCUT2D eigenvalue weighted by atomic mass is 9.85. The summed E-state index contributed by atoms with van der Waals surface area (Å²) in [5, 5.41) is 4.39. The Hall–Kier alpha value is -3.71. The Kier molecular flexibility index (Phi) is 10.8. The van der Waals surface area contributed by atoms with Gasteiger partial charge in [0.1, 0.15) is 33.6 Å². The van der Waals surface area contributed by atoms with Gasteiger partial charge in [-0.3, -0.25) is 9.59 Å². The highest BCUT2D eigenvalue weighted by molar-refractivity contribution is 7.90. The molecule has 13 heteroatoms. The van der Waals surface area contributed by atoms with Crippen molar-refractivity contribution in [2.75, 3.05) is 37.0 Å². The molecule has 0 radical (unpaired) electrons. The van der Waals surface area contributed by atoms with E-state index in [0.29, 0.717) is 56.5 Å². The minimum Gasteiger partial charge on any atom is -0.493 e. The zero-order valence-corrected chi connectivity index (χ0v) is 27.7. The van der Waals surface area contributed by atoms with E-state index in [2.05, 4.69) is 10.3 Å². The molecular formula is C33H46N6O6S. The van der Waals surface area contributed by atoms with Gasteiger partial charge in [0.15, 0.2) is 0 Å². The summed E-state index contributed by atoms with van der Waals surface area (Å²) in [6.45, 7) is 5.30. The van der Waals surface area contributed by atoms with Gasteiger partial charge in [-0.25, -0.2) is 13.4 Å². The molecule has 2 fully saturated rings. The molecular weight excluding hydrogens is 608 g/mol. The first-order valence-electron chi connectivity index (χ1n) is 16.2. The number of benzene rings is 1. The first kappa shape index (κ1) is 33.6. The maximum Gasteiger partial charge on any atom is 0.323 e. The minimum absolute atomic E-state index is 0.00667. The van der Waals surface area contributed by atoms with Crippen molar-refractivity contribution in [3.63, 3.8) is 0 Å². The number of esters is 1. The molecule has 3 aromatic rings. The molecule has 46 heavy (non-hydrogen) atoms. The average Bonchev–Trinajstić information content (AvgIpc) is 3.48. The van der Waals surface area contributed by atoms with Crippen LogP contribution < -0.4 is 15.8 Å². The number of ether oxygens (including phenoxy) is 2. The predicted octanol–water partition coefficient (Wildman–Crippen LogP) is 3.72. The molecule has 250 valence electrons. The smallest absolute Gasteiger partial charge is 0.323 e. The lowest BCUT2D eigenvalue weighted by Crippen LogP contribution is -2.46. The Balaban J connectivity index is 1.11. The van der Waals surface area contributed by atoms with Crippen molar-refractivity contribution in [2.45, 2.75) is 77.0 Å². The number of aromatic nitrogens is 3. The monoisotopic (exact) mass is 654 g/mol. The first-order valence-corrected chi connectivity index (χ1v) is 18.3. The van der Waals surface area contributed by atoms with E-state index < -0.39 is 15.9 Å². The molecule has 1 atom stereocenters. The summed E-state index contributed by atoms with van der Waals surface area (Å²) in [5.41, 5.74) is 6.84. The molecule has 3 heterocycles. The van der Waals surface area contributed by atoms with Gasteiger partial charge in [-0.15, -0.1) is 0 Å². The first-order chi connectivity index (χ1) is 22.0. The zero-order valence-electron chi connectivity index (χ0n) is 26.9. The number of hydrogen-bond acceptors (Lipinski definition) is 10. The SMILES string of the molecule is CC(C)[C@H](N)C(=O)OC1CCN(C(=O)C2CCC(Nc3nccc(-n4ccc5c(OCCCS(C)(=O)=O)cccc54)n3)CC2)CC1. The van der Waals surface area contributed by atoms with Crippen LogP contribution in [0.3, 0.4) is 0 Å². The van der Waals surface area contributed by atoms with E-state index >= 15 is 0 Å². The summed E-state index contributed by atoms with van der Waals surface area (Å²) in [4.78, 5) is 36.7. The predicted molar refractivity (Wildman–Crippen MR) is 177 cm³/mol. The van der Waals surface area contributed by atoms with Gasteiger partial charge in [-0.1, -0.05) is 19.9 Å². The molecule has 0 spiro atoms. The molecule has 1 aromatic carbocycles. The zero-order chi connectivity index (χ0) is 32.8. The molecule has 1 saturated carbocycles. The van der Waals surface area contributed by atoms with E-state index in [0.717, 1.165) is 36.6 Å². The van der Waals surface area contributed by atoms with Crippen LogP contribution in [0.15, 0.2) is 42.7 Å². The number of nitrogens with two attached hydrogens (primary N) is 1. The van der Waals surface area contributed by atoms with Crippen LogP contribution in [-0.4, -0.2) is 89.6 Å². The fourth-order valence-corrected chi connectivity index (χ4v) is 6.80. The van der Waals surface area contributed by atoms with E-state index in [9.17, 15) is 18.0 Å². The van der Waals surface area contributed by atoms with Crippen LogP contribution in [-0.2, 0) is 24.2 Å². The van der Waals surface area contributed by atoms with E-state index in [1.807, 2.05) is 59.8 Å². The number of amides is 1. The molecule has 0 bridgehead atoms. The van der Waals surface area contributed by atoms with Gasteiger partial charge in [-0.05, 0) is 62.3 Å². The second-order valence-corrected chi connectivity index (χ2v) is 15.1. The molecule has 1 amide bonds. The topological polar surface area (TPSA) is 159 Å². The van der Waals surface area contributed by atoms with Gasteiger partial charge < -0.3 is 30.0 Å². The van der Waals surface area contributed by atoms with Crippen LogP contribution in [0.4, 0.5) is 5.95 Å². The van der Waals surface area contributed by atoms with Crippen molar-refractivity contribution >= 4 is 38.6 Å².